The fourth-order valence-electron chi connectivity index (χ4n) is 1.17. The SMILES string of the molecule is CNS(=O)(=O)c1ccccc1OCCCN. The van der Waals surface area contributed by atoms with Crippen LogP contribution in [0.2, 0.25) is 0 Å². The van der Waals surface area contributed by atoms with Crippen LogP contribution in [0.15, 0.2) is 29.2 Å². The fraction of sp³-hybridized carbons (Fsp3) is 0.400. The van der Waals surface area contributed by atoms with Crippen LogP contribution in [0, 0.1) is 0 Å². The van der Waals surface area contributed by atoms with Crippen molar-refractivity contribution < 1.29 is 13.2 Å². The highest BCUT2D eigenvalue weighted by atomic mass is 32.2. The Labute approximate surface area is 95.7 Å². The molecule has 0 aromatic heterocycles. The van der Waals surface area contributed by atoms with Gasteiger partial charge < -0.3 is 10.5 Å². The van der Waals surface area contributed by atoms with Gasteiger partial charge in [-0.1, -0.05) is 12.1 Å². The van der Waals surface area contributed by atoms with Crippen LogP contribution in [0.4, 0.5) is 0 Å². The second-order valence-electron chi connectivity index (χ2n) is 3.14. The lowest BCUT2D eigenvalue weighted by Crippen LogP contribution is -2.19. The average Bonchev–Trinajstić information content (AvgIpc) is 2.30. The summed E-state index contributed by atoms with van der Waals surface area (Å²) in [6.45, 7) is 0.924. The Bertz CT molecular complexity index is 431. The Morgan fingerprint density at radius 2 is 2.06 bits per heavy atom. The zero-order valence-corrected chi connectivity index (χ0v) is 9.96. The molecule has 0 radical (unpaired) electrons. The van der Waals surface area contributed by atoms with Crippen molar-refractivity contribution in [3.8, 4) is 5.75 Å². The van der Waals surface area contributed by atoms with E-state index in [-0.39, 0.29) is 4.90 Å². The Morgan fingerprint density at radius 1 is 1.38 bits per heavy atom. The number of para-hydroxylation sites is 1. The van der Waals surface area contributed by atoms with Crippen molar-refractivity contribution in [3.63, 3.8) is 0 Å². The van der Waals surface area contributed by atoms with Gasteiger partial charge >= 0.3 is 0 Å². The van der Waals surface area contributed by atoms with E-state index >= 15 is 0 Å². The highest BCUT2D eigenvalue weighted by Crippen LogP contribution is 2.22. The maximum atomic E-state index is 11.6. The number of hydrogen-bond donors (Lipinski definition) is 2. The second kappa shape index (κ2) is 5.83. The molecule has 0 fully saturated rings. The van der Waals surface area contributed by atoms with Gasteiger partial charge in [0.25, 0.3) is 0 Å². The van der Waals surface area contributed by atoms with Gasteiger partial charge in [0, 0.05) is 0 Å². The largest absolute Gasteiger partial charge is 0.492 e. The number of benzene rings is 1. The topological polar surface area (TPSA) is 81.4 Å². The van der Waals surface area contributed by atoms with Gasteiger partial charge in [0.05, 0.1) is 6.61 Å². The first-order valence-electron chi connectivity index (χ1n) is 4.97. The molecule has 0 aliphatic heterocycles. The summed E-state index contributed by atoms with van der Waals surface area (Å²) < 4.78 is 30.9. The van der Waals surface area contributed by atoms with Gasteiger partial charge in [-0.2, -0.15) is 0 Å². The normalized spacial score (nSPS) is 11.4. The quantitative estimate of drug-likeness (QED) is 0.706. The summed E-state index contributed by atoms with van der Waals surface area (Å²) in [5.41, 5.74) is 5.33. The van der Waals surface area contributed by atoms with Crippen molar-refractivity contribution in [3.05, 3.63) is 24.3 Å². The highest BCUT2D eigenvalue weighted by Gasteiger charge is 2.16. The molecule has 6 heteroatoms. The molecule has 0 heterocycles. The van der Waals surface area contributed by atoms with Crippen LogP contribution in [0.5, 0.6) is 5.75 Å². The molecule has 0 aliphatic rings. The molecule has 1 rings (SSSR count). The van der Waals surface area contributed by atoms with Gasteiger partial charge in [0.1, 0.15) is 10.6 Å². The summed E-state index contributed by atoms with van der Waals surface area (Å²) in [5, 5.41) is 0. The second-order valence-corrected chi connectivity index (χ2v) is 5.00. The van der Waals surface area contributed by atoms with E-state index < -0.39 is 10.0 Å². The van der Waals surface area contributed by atoms with E-state index in [1.54, 1.807) is 18.2 Å². The van der Waals surface area contributed by atoms with Crippen LogP contribution in [0.25, 0.3) is 0 Å². The minimum atomic E-state index is -3.47. The monoisotopic (exact) mass is 244 g/mol. The van der Waals surface area contributed by atoms with Gasteiger partial charge in [0.2, 0.25) is 10.0 Å². The number of sulfonamides is 1. The van der Waals surface area contributed by atoms with Crippen LogP contribution in [0.1, 0.15) is 6.42 Å². The minimum absolute atomic E-state index is 0.148. The standard InChI is InChI=1S/C10H16N2O3S/c1-12-16(13,14)10-6-3-2-5-9(10)15-8-4-7-11/h2-3,5-6,12H,4,7-8,11H2,1H3. The van der Waals surface area contributed by atoms with Gasteiger partial charge in [-0.3, -0.25) is 0 Å². The molecule has 1 aromatic rings. The maximum absolute atomic E-state index is 11.6. The number of nitrogens with one attached hydrogen (secondary N) is 1. The lowest BCUT2D eigenvalue weighted by molar-refractivity contribution is 0.305. The summed E-state index contributed by atoms with van der Waals surface area (Å²) in [5.74, 6) is 0.352. The summed E-state index contributed by atoms with van der Waals surface area (Å²) in [6.07, 6.45) is 0.688. The number of nitrogens with two attached hydrogens (primary N) is 1. The van der Waals surface area contributed by atoms with Crippen molar-refractivity contribution >= 4 is 10.0 Å². The summed E-state index contributed by atoms with van der Waals surface area (Å²) in [4.78, 5) is 0.148. The Balaban J connectivity index is 2.92. The third-order valence-electron chi connectivity index (χ3n) is 2.01. The molecule has 0 spiro atoms. The first-order chi connectivity index (χ1) is 7.61. The van der Waals surface area contributed by atoms with Crippen LogP contribution in [0.3, 0.4) is 0 Å². The van der Waals surface area contributed by atoms with Crippen molar-refractivity contribution in [2.24, 2.45) is 5.73 Å². The van der Waals surface area contributed by atoms with Crippen LogP contribution in [-0.4, -0.2) is 28.6 Å². The first kappa shape index (κ1) is 13.0. The Kier molecular flexibility index (Phi) is 4.72. The van der Waals surface area contributed by atoms with Crippen molar-refractivity contribution in [1.82, 2.24) is 4.72 Å². The zero-order chi connectivity index (χ0) is 12.0. The van der Waals surface area contributed by atoms with Gasteiger partial charge in [0.15, 0.2) is 0 Å². The molecule has 0 saturated heterocycles. The summed E-state index contributed by atoms with van der Waals surface area (Å²) in [7, 11) is -2.11. The molecule has 0 bridgehead atoms. The lowest BCUT2D eigenvalue weighted by Gasteiger charge is -2.10. The van der Waals surface area contributed by atoms with Gasteiger partial charge in [-0.25, -0.2) is 13.1 Å². The van der Waals surface area contributed by atoms with Crippen molar-refractivity contribution in [1.29, 1.82) is 0 Å². The predicted octanol–water partition coefficient (Wildman–Crippen LogP) is 0.322. The van der Waals surface area contributed by atoms with Crippen LogP contribution in [-0.2, 0) is 10.0 Å². The molecule has 5 nitrogen and oxygen atoms in total. The third kappa shape index (κ3) is 3.19. The first-order valence-corrected chi connectivity index (χ1v) is 6.45. The number of hydrogen-bond acceptors (Lipinski definition) is 4. The molecule has 1 aromatic carbocycles. The highest BCUT2D eigenvalue weighted by molar-refractivity contribution is 7.89. The molecule has 0 amide bonds. The molecule has 16 heavy (non-hydrogen) atoms. The molecule has 0 atom stereocenters. The van der Waals surface area contributed by atoms with E-state index in [4.69, 9.17) is 10.5 Å². The minimum Gasteiger partial charge on any atom is -0.492 e. The fourth-order valence-corrected chi connectivity index (χ4v) is 2.04. The molecule has 3 N–H and O–H groups in total. The Hall–Kier alpha value is -1.11. The summed E-state index contributed by atoms with van der Waals surface area (Å²) >= 11 is 0. The van der Waals surface area contributed by atoms with E-state index in [9.17, 15) is 8.42 Å². The van der Waals surface area contributed by atoms with E-state index in [1.807, 2.05) is 0 Å². The zero-order valence-electron chi connectivity index (χ0n) is 9.14. The Morgan fingerprint density at radius 3 is 2.69 bits per heavy atom. The number of ether oxygens (including phenoxy) is 1. The summed E-state index contributed by atoms with van der Waals surface area (Å²) in [6, 6.07) is 6.51. The van der Waals surface area contributed by atoms with E-state index in [0.717, 1.165) is 0 Å². The molecule has 90 valence electrons. The van der Waals surface area contributed by atoms with Crippen LogP contribution >= 0.6 is 0 Å². The molecule has 0 aliphatic carbocycles. The van der Waals surface area contributed by atoms with E-state index in [0.29, 0.717) is 25.3 Å². The smallest absolute Gasteiger partial charge is 0.243 e. The van der Waals surface area contributed by atoms with E-state index in [1.165, 1.54) is 13.1 Å². The average molecular weight is 244 g/mol. The lowest BCUT2D eigenvalue weighted by atomic mass is 10.3. The van der Waals surface area contributed by atoms with Crippen LogP contribution < -0.4 is 15.2 Å². The third-order valence-corrected chi connectivity index (χ3v) is 3.47. The molecule has 0 unspecified atom stereocenters. The van der Waals surface area contributed by atoms with Gasteiger partial charge in [-0.15, -0.1) is 0 Å². The molecular weight excluding hydrogens is 228 g/mol. The maximum Gasteiger partial charge on any atom is 0.243 e. The predicted molar refractivity (Wildman–Crippen MR) is 61.9 cm³/mol. The van der Waals surface area contributed by atoms with Gasteiger partial charge in [-0.05, 0) is 32.1 Å². The van der Waals surface area contributed by atoms with Crippen molar-refractivity contribution in [2.45, 2.75) is 11.3 Å². The molecular formula is C10H16N2O3S. The van der Waals surface area contributed by atoms with Crippen molar-refractivity contribution in [2.75, 3.05) is 20.2 Å². The number of rotatable bonds is 6. The molecule has 0 saturated carbocycles. The van der Waals surface area contributed by atoms with E-state index in [2.05, 4.69) is 4.72 Å².